The van der Waals surface area contributed by atoms with E-state index in [1.54, 1.807) is 6.20 Å². The molecule has 6 nitrogen and oxygen atoms in total. The maximum Gasteiger partial charge on any atom is 0.315 e. The van der Waals surface area contributed by atoms with Crippen molar-refractivity contribution in [2.45, 2.75) is 76.0 Å². The summed E-state index contributed by atoms with van der Waals surface area (Å²) < 4.78 is 8.15. The van der Waals surface area contributed by atoms with Crippen molar-refractivity contribution in [2.24, 2.45) is 0 Å². The van der Waals surface area contributed by atoms with Gasteiger partial charge in [-0.25, -0.2) is 9.78 Å². The number of nitrogens with zero attached hydrogens (tertiary/aromatic N) is 2. The molecule has 1 saturated carbocycles. The van der Waals surface area contributed by atoms with Gasteiger partial charge >= 0.3 is 6.03 Å². The largest absolute Gasteiger partial charge is 0.375 e. The zero-order valence-electron chi connectivity index (χ0n) is 14.5. The van der Waals surface area contributed by atoms with Crippen LogP contribution in [0.4, 0.5) is 4.79 Å². The summed E-state index contributed by atoms with van der Waals surface area (Å²) in [4.78, 5) is 16.1. The van der Waals surface area contributed by atoms with Crippen LogP contribution in [0.3, 0.4) is 0 Å². The van der Waals surface area contributed by atoms with Crippen molar-refractivity contribution in [3.63, 3.8) is 0 Å². The van der Waals surface area contributed by atoms with Gasteiger partial charge in [-0.3, -0.25) is 0 Å². The van der Waals surface area contributed by atoms with Gasteiger partial charge in [-0.15, -0.1) is 0 Å². The Morgan fingerprint density at radius 1 is 1.29 bits per heavy atom. The minimum atomic E-state index is -0.0320. The topological polar surface area (TPSA) is 68.2 Å². The second-order valence-corrected chi connectivity index (χ2v) is 7.19. The molecule has 1 aliphatic heterocycles. The molecule has 1 aliphatic carbocycles. The number of carbonyl (C=O) groups excluding carboxylic acids is 1. The van der Waals surface area contributed by atoms with E-state index in [4.69, 9.17) is 4.74 Å². The summed E-state index contributed by atoms with van der Waals surface area (Å²) >= 11 is 0. The van der Waals surface area contributed by atoms with Gasteiger partial charge in [-0.05, 0) is 38.5 Å². The second-order valence-electron chi connectivity index (χ2n) is 7.19. The van der Waals surface area contributed by atoms with Gasteiger partial charge in [0.05, 0.1) is 11.9 Å². The Labute approximate surface area is 144 Å². The van der Waals surface area contributed by atoms with Gasteiger partial charge in [0.1, 0.15) is 0 Å². The minimum absolute atomic E-state index is 0.0320. The number of amides is 2. The fraction of sp³-hybridized carbons (Fsp3) is 0.778. The lowest BCUT2D eigenvalue weighted by molar-refractivity contribution is -0.107. The highest BCUT2D eigenvalue weighted by Crippen LogP contribution is 2.38. The van der Waals surface area contributed by atoms with Crippen molar-refractivity contribution < 1.29 is 9.53 Å². The van der Waals surface area contributed by atoms with Gasteiger partial charge in [0.15, 0.2) is 0 Å². The van der Waals surface area contributed by atoms with Gasteiger partial charge in [0.25, 0.3) is 0 Å². The minimum Gasteiger partial charge on any atom is -0.375 e. The van der Waals surface area contributed by atoms with Crippen molar-refractivity contribution in [1.82, 2.24) is 20.2 Å². The predicted octanol–water partition coefficient (Wildman–Crippen LogP) is 2.84. The van der Waals surface area contributed by atoms with Gasteiger partial charge in [0, 0.05) is 38.1 Å². The Balaban J connectivity index is 1.31. The second kappa shape index (κ2) is 8.51. The van der Waals surface area contributed by atoms with Crippen LogP contribution in [0.5, 0.6) is 0 Å². The number of aryl methyl sites for hydroxylation is 1. The van der Waals surface area contributed by atoms with Crippen LogP contribution in [0.25, 0.3) is 0 Å². The molecule has 1 aromatic rings. The maximum absolute atomic E-state index is 12.1. The van der Waals surface area contributed by atoms with Crippen LogP contribution in [-0.2, 0) is 11.3 Å². The zero-order valence-corrected chi connectivity index (χ0v) is 14.5. The molecule has 2 amide bonds. The van der Waals surface area contributed by atoms with Crippen LogP contribution in [0, 0.1) is 0 Å². The maximum atomic E-state index is 12.1. The lowest BCUT2D eigenvalue weighted by Gasteiger charge is -2.43. The molecular weight excluding hydrogens is 304 g/mol. The van der Waals surface area contributed by atoms with Crippen LogP contribution < -0.4 is 10.6 Å². The molecule has 6 heteroatoms. The van der Waals surface area contributed by atoms with Crippen LogP contribution >= 0.6 is 0 Å². The van der Waals surface area contributed by atoms with Crippen LogP contribution in [0.2, 0.25) is 0 Å². The molecule has 2 N–H and O–H groups in total. The van der Waals surface area contributed by atoms with E-state index in [9.17, 15) is 4.79 Å². The first-order chi connectivity index (χ1) is 11.8. The monoisotopic (exact) mass is 334 g/mol. The lowest BCUT2D eigenvalue weighted by Crippen LogP contribution is -2.51. The number of rotatable bonds is 6. The summed E-state index contributed by atoms with van der Waals surface area (Å²) in [7, 11) is 0. The Kier molecular flexibility index (Phi) is 6.12. The third-order valence-electron chi connectivity index (χ3n) is 5.28. The number of urea groups is 1. The SMILES string of the molecule is O=C(NCCCCn1ccnc1)NC1CCOC2(CCCCC2)C1. The van der Waals surface area contributed by atoms with Crippen molar-refractivity contribution in [3.8, 4) is 0 Å². The number of nitrogens with one attached hydrogen (secondary N) is 2. The van der Waals surface area contributed by atoms with Crippen LogP contribution in [0.15, 0.2) is 18.7 Å². The summed E-state index contributed by atoms with van der Waals surface area (Å²) in [6, 6.07) is 0.221. The van der Waals surface area contributed by atoms with E-state index in [0.29, 0.717) is 0 Å². The van der Waals surface area contributed by atoms with E-state index in [2.05, 4.69) is 20.2 Å². The molecule has 134 valence electrons. The number of carbonyl (C=O) groups is 1. The molecule has 0 aromatic carbocycles. The lowest BCUT2D eigenvalue weighted by atomic mass is 9.78. The molecule has 0 radical (unpaired) electrons. The first kappa shape index (κ1) is 17.3. The highest BCUT2D eigenvalue weighted by molar-refractivity contribution is 5.74. The number of ether oxygens (including phenoxy) is 1. The summed E-state index contributed by atoms with van der Waals surface area (Å²) in [5.74, 6) is 0. The molecular formula is C18H30N4O2. The average molecular weight is 334 g/mol. The third-order valence-corrected chi connectivity index (χ3v) is 5.28. The average Bonchev–Trinajstić information content (AvgIpc) is 3.09. The van der Waals surface area contributed by atoms with Crippen molar-refractivity contribution >= 4 is 6.03 Å². The third kappa shape index (κ3) is 4.97. The fourth-order valence-electron chi connectivity index (χ4n) is 3.97. The van der Waals surface area contributed by atoms with Gasteiger partial charge in [-0.2, -0.15) is 0 Å². The van der Waals surface area contributed by atoms with Crippen LogP contribution in [0.1, 0.15) is 57.8 Å². The Morgan fingerprint density at radius 3 is 2.96 bits per heavy atom. The number of unbranched alkanes of at least 4 members (excludes halogenated alkanes) is 1. The Bertz CT molecular complexity index is 492. The highest BCUT2D eigenvalue weighted by atomic mass is 16.5. The number of hydrogen-bond acceptors (Lipinski definition) is 3. The van der Waals surface area contributed by atoms with E-state index >= 15 is 0 Å². The summed E-state index contributed by atoms with van der Waals surface area (Å²) in [6.45, 7) is 2.44. The number of imidazole rings is 1. The quantitative estimate of drug-likeness (QED) is 0.786. The van der Waals surface area contributed by atoms with E-state index < -0.39 is 0 Å². The molecule has 0 bridgehead atoms. The van der Waals surface area contributed by atoms with Crippen molar-refractivity contribution in [1.29, 1.82) is 0 Å². The molecule has 1 saturated heterocycles. The molecule has 2 fully saturated rings. The molecule has 1 unspecified atom stereocenters. The molecule has 1 spiro atoms. The molecule has 1 aromatic heterocycles. The summed E-state index contributed by atoms with van der Waals surface area (Å²) in [5, 5.41) is 6.14. The van der Waals surface area contributed by atoms with E-state index in [0.717, 1.165) is 58.2 Å². The number of hydrogen-bond donors (Lipinski definition) is 2. The van der Waals surface area contributed by atoms with Gasteiger partial charge < -0.3 is 19.9 Å². The first-order valence-electron chi connectivity index (χ1n) is 9.40. The number of aromatic nitrogens is 2. The first-order valence-corrected chi connectivity index (χ1v) is 9.40. The smallest absolute Gasteiger partial charge is 0.315 e. The highest BCUT2D eigenvalue weighted by Gasteiger charge is 2.38. The molecule has 2 aliphatic rings. The van der Waals surface area contributed by atoms with Crippen molar-refractivity contribution in [3.05, 3.63) is 18.7 Å². The zero-order chi connectivity index (χ0) is 16.7. The normalized spacial score (nSPS) is 23.1. The van der Waals surface area contributed by atoms with Crippen LogP contribution in [-0.4, -0.2) is 40.4 Å². The standard InChI is InChI=1S/C18H30N4O2/c23-17(20-9-4-5-11-22-12-10-19-15-22)21-16-6-13-24-18(14-16)7-2-1-3-8-18/h10,12,15-16H,1-9,11,13-14H2,(H2,20,21,23). The van der Waals surface area contributed by atoms with E-state index in [1.165, 1.54) is 19.3 Å². The molecule has 1 atom stereocenters. The Morgan fingerprint density at radius 2 is 2.17 bits per heavy atom. The van der Waals surface area contributed by atoms with Gasteiger partial charge in [0.2, 0.25) is 0 Å². The summed E-state index contributed by atoms with van der Waals surface area (Å²) in [5.41, 5.74) is 0.0409. The summed E-state index contributed by atoms with van der Waals surface area (Å²) in [6.07, 6.45) is 15.6. The molecule has 24 heavy (non-hydrogen) atoms. The molecule has 3 rings (SSSR count). The molecule has 2 heterocycles. The van der Waals surface area contributed by atoms with E-state index in [-0.39, 0.29) is 17.7 Å². The Hall–Kier alpha value is -1.56. The predicted molar refractivity (Wildman–Crippen MR) is 92.8 cm³/mol. The van der Waals surface area contributed by atoms with Gasteiger partial charge in [-0.1, -0.05) is 19.3 Å². The van der Waals surface area contributed by atoms with E-state index in [1.807, 2.05) is 12.5 Å². The van der Waals surface area contributed by atoms with Crippen molar-refractivity contribution in [2.75, 3.05) is 13.2 Å². The fourth-order valence-corrected chi connectivity index (χ4v) is 3.97.